The number of fused-ring (bicyclic) bond motifs is 5. The van der Waals surface area contributed by atoms with Crippen molar-refractivity contribution in [1.29, 1.82) is 0 Å². The number of amides is 1. The first-order valence-corrected chi connectivity index (χ1v) is 20.6. The van der Waals surface area contributed by atoms with Gasteiger partial charge in [0.05, 0.1) is 30.1 Å². The number of ether oxygens (including phenoxy) is 4. The van der Waals surface area contributed by atoms with Crippen LogP contribution in [0.3, 0.4) is 0 Å². The highest BCUT2D eigenvalue weighted by Gasteiger charge is 2.78. The van der Waals surface area contributed by atoms with Crippen LogP contribution in [-0.2, 0) is 42.9 Å². The monoisotopic (exact) mass is 823 g/mol. The highest BCUT2D eigenvalue weighted by molar-refractivity contribution is 5.93. The van der Waals surface area contributed by atoms with E-state index < -0.39 is 107 Å². The fraction of sp³-hybridized carbons (Fsp3) is 0.622. The van der Waals surface area contributed by atoms with Crippen LogP contribution in [0.5, 0.6) is 0 Å². The van der Waals surface area contributed by atoms with Crippen molar-refractivity contribution in [2.24, 2.45) is 16.7 Å². The van der Waals surface area contributed by atoms with Gasteiger partial charge in [0, 0.05) is 38.0 Å². The van der Waals surface area contributed by atoms with Crippen molar-refractivity contribution in [2.75, 3.05) is 6.61 Å². The van der Waals surface area contributed by atoms with Crippen LogP contribution < -0.4 is 5.32 Å². The van der Waals surface area contributed by atoms with E-state index in [0.717, 1.165) is 12.8 Å². The van der Waals surface area contributed by atoms with E-state index in [-0.39, 0.29) is 37.0 Å². The summed E-state index contributed by atoms with van der Waals surface area (Å²) in [6.45, 7) is 14.4. The molecule has 4 aliphatic rings. The minimum absolute atomic E-state index is 0.0246. The van der Waals surface area contributed by atoms with Crippen molar-refractivity contribution in [3.8, 4) is 0 Å². The van der Waals surface area contributed by atoms with Gasteiger partial charge < -0.3 is 44.7 Å². The molecule has 3 fully saturated rings. The third kappa shape index (κ3) is 8.43. The molecule has 324 valence electrons. The Morgan fingerprint density at radius 2 is 1.61 bits per heavy atom. The van der Waals surface area contributed by atoms with E-state index in [1.54, 1.807) is 56.3 Å². The molecule has 1 heterocycles. The molecule has 59 heavy (non-hydrogen) atoms. The second-order valence-corrected chi connectivity index (χ2v) is 17.3. The van der Waals surface area contributed by atoms with Crippen LogP contribution in [0.25, 0.3) is 0 Å². The molecule has 1 saturated heterocycles. The Labute approximate surface area is 346 Å². The first-order valence-electron chi connectivity index (χ1n) is 20.6. The largest absolute Gasteiger partial charge is 0.459 e. The summed E-state index contributed by atoms with van der Waals surface area (Å²) in [7, 11) is 0. The summed E-state index contributed by atoms with van der Waals surface area (Å²) in [6, 6.07) is 7.16. The third-order valence-corrected chi connectivity index (χ3v) is 13.3. The van der Waals surface area contributed by atoms with E-state index in [1.807, 2.05) is 0 Å². The second kappa shape index (κ2) is 18.2. The molecule has 0 aromatic heterocycles. The molecule has 0 spiro atoms. The second-order valence-electron chi connectivity index (χ2n) is 17.3. The molecule has 2 saturated carbocycles. The molecule has 14 nitrogen and oxygen atoms in total. The standard InChI is InChI=1S/C45H61NO13/c1-8-10-12-17-21-32(49)46-35(28-19-15-14-16-20-28)37(52)41(54)57-29-24-45(55)40(58-33(50)22-18-13-11-9-2)38-43(7,39(53)36(51)34(26(29)3)42(45,5)6)30(48)23-31-44(38,25-56-31)59-27(4)47/h8-9,14-16,19-20,29-31,35-38,40,48,51-52,55H,1-2,10-13,17-18,21-25H2,3-7H3,(H,46,49)/t29-,30-,31+,35-,36+,37+,38-,40-,43+,44-,45+/m0/s1. The molecule has 0 radical (unpaired) electrons. The summed E-state index contributed by atoms with van der Waals surface area (Å²) < 4.78 is 24.2. The number of aliphatic hydroxyl groups is 4. The van der Waals surface area contributed by atoms with Crippen LogP contribution in [0.15, 0.2) is 66.8 Å². The lowest BCUT2D eigenvalue weighted by Crippen LogP contribution is -2.81. The Kier molecular flexibility index (Phi) is 14.1. The number of carbonyl (C=O) groups is 5. The van der Waals surface area contributed by atoms with Gasteiger partial charge in [0.15, 0.2) is 17.5 Å². The van der Waals surface area contributed by atoms with Crippen molar-refractivity contribution < 1.29 is 63.3 Å². The number of unbranched alkanes of at least 4 members (excludes halogenated alkanes) is 4. The van der Waals surface area contributed by atoms with E-state index in [0.29, 0.717) is 31.2 Å². The molecule has 2 bridgehead atoms. The molecule has 1 aliphatic heterocycles. The number of hydrogen-bond acceptors (Lipinski definition) is 13. The highest BCUT2D eigenvalue weighted by Crippen LogP contribution is 2.64. The zero-order valence-electron chi connectivity index (χ0n) is 34.8. The van der Waals surface area contributed by atoms with Crippen LogP contribution in [0.2, 0.25) is 0 Å². The lowest BCUT2D eigenvalue weighted by Gasteiger charge is -2.67. The van der Waals surface area contributed by atoms with Gasteiger partial charge in [-0.1, -0.05) is 56.3 Å². The SMILES string of the molecule is C=CCCCCC(=O)N[C@@H](c1ccccc1)[C@@H](O)C(=O)O[C@H]1C[C@@]2(O)[C@@H](OC(=O)CCCCC=C)[C@@H]3[C@]4(OC(C)=O)CO[C@@H]4C[C@H](O)[C@@]3(C)C(=O)[C@H](O)C(=C1C)C2(C)C. The van der Waals surface area contributed by atoms with Crippen LogP contribution in [0.1, 0.15) is 110 Å². The van der Waals surface area contributed by atoms with Crippen LogP contribution >= 0.6 is 0 Å². The fourth-order valence-electron chi connectivity index (χ4n) is 9.95. The molecular weight excluding hydrogens is 762 g/mol. The summed E-state index contributed by atoms with van der Waals surface area (Å²) in [6.07, 6.45) is -2.99. The van der Waals surface area contributed by atoms with Gasteiger partial charge in [-0.3, -0.25) is 19.2 Å². The van der Waals surface area contributed by atoms with E-state index >= 15 is 0 Å². The van der Waals surface area contributed by atoms with Gasteiger partial charge in [0.2, 0.25) is 5.91 Å². The van der Waals surface area contributed by atoms with Crippen molar-refractivity contribution >= 4 is 29.6 Å². The quantitative estimate of drug-likeness (QED) is 0.0651. The summed E-state index contributed by atoms with van der Waals surface area (Å²) in [4.78, 5) is 68.8. The van der Waals surface area contributed by atoms with Crippen molar-refractivity contribution in [3.05, 3.63) is 72.4 Å². The van der Waals surface area contributed by atoms with E-state index in [1.165, 1.54) is 20.8 Å². The van der Waals surface area contributed by atoms with Gasteiger partial charge in [-0.05, 0) is 69.1 Å². The topological polar surface area (TPSA) is 215 Å². The molecule has 14 heteroatoms. The average molecular weight is 824 g/mol. The zero-order valence-corrected chi connectivity index (χ0v) is 34.8. The first-order chi connectivity index (χ1) is 27.8. The van der Waals surface area contributed by atoms with Crippen molar-refractivity contribution in [3.63, 3.8) is 0 Å². The third-order valence-electron chi connectivity index (χ3n) is 13.3. The normalized spacial score (nSPS) is 33.0. The molecule has 1 aromatic rings. The number of ketones is 1. The lowest BCUT2D eigenvalue weighted by molar-refractivity contribution is -0.347. The summed E-state index contributed by atoms with van der Waals surface area (Å²) in [5, 5.41) is 51.8. The minimum atomic E-state index is -2.29. The molecule has 0 unspecified atom stereocenters. The maximum Gasteiger partial charge on any atom is 0.338 e. The maximum atomic E-state index is 14.9. The van der Waals surface area contributed by atoms with Gasteiger partial charge in [0.25, 0.3) is 0 Å². The van der Waals surface area contributed by atoms with Gasteiger partial charge in [-0.25, -0.2) is 4.79 Å². The average Bonchev–Trinajstić information content (AvgIpc) is 3.18. The molecule has 5 N–H and O–H groups in total. The van der Waals surface area contributed by atoms with E-state index in [2.05, 4.69) is 18.5 Å². The number of hydrogen-bond donors (Lipinski definition) is 5. The number of rotatable bonds is 17. The van der Waals surface area contributed by atoms with Gasteiger partial charge in [0.1, 0.15) is 30.0 Å². The number of Topliss-reactive ketones (excluding diaryl/α,β-unsaturated/α-hetero) is 1. The lowest BCUT2D eigenvalue weighted by atomic mass is 9.44. The smallest absolute Gasteiger partial charge is 0.338 e. The number of allylic oxidation sites excluding steroid dienone is 2. The Hall–Kier alpha value is -4.21. The Bertz CT molecular complexity index is 1810. The van der Waals surface area contributed by atoms with Gasteiger partial charge >= 0.3 is 17.9 Å². The minimum Gasteiger partial charge on any atom is -0.459 e. The highest BCUT2D eigenvalue weighted by atomic mass is 16.6. The molecule has 5 rings (SSSR count). The molecule has 1 amide bonds. The van der Waals surface area contributed by atoms with Gasteiger partial charge in [-0.15, -0.1) is 13.2 Å². The Morgan fingerprint density at radius 3 is 2.19 bits per heavy atom. The van der Waals surface area contributed by atoms with Crippen LogP contribution in [0, 0.1) is 16.7 Å². The number of carbonyl (C=O) groups excluding carboxylic acids is 5. The summed E-state index contributed by atoms with van der Waals surface area (Å²) >= 11 is 0. The fourth-order valence-corrected chi connectivity index (χ4v) is 9.95. The summed E-state index contributed by atoms with van der Waals surface area (Å²) in [5.74, 6) is -5.40. The zero-order chi connectivity index (χ0) is 43.5. The number of aliphatic hydroxyl groups excluding tert-OH is 3. The Morgan fingerprint density at radius 1 is 0.983 bits per heavy atom. The molecule has 3 aliphatic carbocycles. The number of nitrogens with one attached hydrogen (secondary N) is 1. The number of benzene rings is 1. The Balaban J connectivity index is 1.60. The maximum absolute atomic E-state index is 14.9. The summed E-state index contributed by atoms with van der Waals surface area (Å²) in [5.41, 5.74) is -6.93. The van der Waals surface area contributed by atoms with E-state index in [9.17, 15) is 44.4 Å². The van der Waals surface area contributed by atoms with Crippen molar-refractivity contribution in [2.45, 2.75) is 153 Å². The molecule has 11 atom stereocenters. The van der Waals surface area contributed by atoms with Crippen LogP contribution in [-0.4, -0.2) is 104 Å². The predicted molar refractivity (Wildman–Crippen MR) is 214 cm³/mol. The van der Waals surface area contributed by atoms with E-state index in [4.69, 9.17) is 18.9 Å². The van der Waals surface area contributed by atoms with Crippen LogP contribution in [0.4, 0.5) is 0 Å². The molecular formula is C45H61NO13. The van der Waals surface area contributed by atoms with Crippen molar-refractivity contribution in [1.82, 2.24) is 5.32 Å². The predicted octanol–water partition coefficient (Wildman–Crippen LogP) is 4.03. The van der Waals surface area contributed by atoms with Gasteiger partial charge in [-0.2, -0.15) is 0 Å². The number of esters is 3. The first kappa shape index (κ1) is 45.9. The molecule has 1 aromatic carbocycles.